The normalized spacial score (nSPS) is 25.1. The number of halogens is 1. The highest BCUT2D eigenvalue weighted by Crippen LogP contribution is 2.28. The standard InChI is InChI=1S/C14H24ClN3/c1-4-11-13(15)12(18(3)17-11)10-14(2)8-6-5-7-9-16-14/h16H,4-10H2,1-3H3. The fourth-order valence-corrected chi connectivity index (χ4v) is 3.19. The van der Waals surface area contributed by atoms with E-state index in [0.29, 0.717) is 0 Å². The summed E-state index contributed by atoms with van der Waals surface area (Å²) in [4.78, 5) is 0. The fourth-order valence-electron chi connectivity index (χ4n) is 2.83. The number of rotatable bonds is 3. The molecule has 3 nitrogen and oxygen atoms in total. The van der Waals surface area contributed by atoms with Gasteiger partial charge < -0.3 is 5.32 Å². The first-order valence-corrected chi connectivity index (χ1v) is 7.39. The Kier molecular flexibility index (Phi) is 4.33. The second-order valence-electron chi connectivity index (χ2n) is 5.66. The first kappa shape index (κ1) is 13.9. The van der Waals surface area contributed by atoms with Crippen LogP contribution in [0.4, 0.5) is 0 Å². The number of nitrogens with one attached hydrogen (secondary N) is 1. The third-order valence-corrected chi connectivity index (χ3v) is 4.45. The Morgan fingerprint density at radius 2 is 2.17 bits per heavy atom. The Morgan fingerprint density at radius 1 is 1.39 bits per heavy atom. The van der Waals surface area contributed by atoms with Gasteiger partial charge in [0.25, 0.3) is 0 Å². The molecule has 1 aromatic heterocycles. The van der Waals surface area contributed by atoms with Crippen LogP contribution >= 0.6 is 11.6 Å². The second-order valence-corrected chi connectivity index (χ2v) is 6.04. The van der Waals surface area contributed by atoms with Gasteiger partial charge in [-0.05, 0) is 32.7 Å². The molecule has 0 aromatic carbocycles. The third-order valence-electron chi connectivity index (χ3n) is 4.02. The number of aromatic nitrogens is 2. The predicted molar refractivity (Wildman–Crippen MR) is 76.2 cm³/mol. The topological polar surface area (TPSA) is 29.9 Å². The van der Waals surface area contributed by atoms with Crippen LogP contribution in [0.5, 0.6) is 0 Å². The summed E-state index contributed by atoms with van der Waals surface area (Å²) in [7, 11) is 2.00. The third kappa shape index (κ3) is 2.89. The van der Waals surface area contributed by atoms with E-state index in [0.717, 1.165) is 30.1 Å². The average molecular weight is 270 g/mol. The van der Waals surface area contributed by atoms with Crippen molar-refractivity contribution in [1.82, 2.24) is 15.1 Å². The molecule has 0 aliphatic carbocycles. The minimum Gasteiger partial charge on any atom is -0.311 e. The SMILES string of the molecule is CCc1nn(C)c(CC2(C)CCCCCN2)c1Cl. The Hall–Kier alpha value is -0.540. The van der Waals surface area contributed by atoms with E-state index in [1.54, 1.807) is 0 Å². The summed E-state index contributed by atoms with van der Waals surface area (Å²) in [6.07, 6.45) is 7.01. The molecule has 1 aliphatic rings. The van der Waals surface area contributed by atoms with Crippen LogP contribution in [0.1, 0.15) is 50.9 Å². The van der Waals surface area contributed by atoms with Gasteiger partial charge in [0.1, 0.15) is 0 Å². The van der Waals surface area contributed by atoms with Crippen LogP contribution in [0.25, 0.3) is 0 Å². The maximum atomic E-state index is 6.44. The maximum absolute atomic E-state index is 6.44. The maximum Gasteiger partial charge on any atom is 0.0850 e. The lowest BCUT2D eigenvalue weighted by Crippen LogP contribution is -2.44. The molecular weight excluding hydrogens is 246 g/mol. The van der Waals surface area contributed by atoms with Crippen LogP contribution in [0.2, 0.25) is 5.02 Å². The van der Waals surface area contributed by atoms with Crippen molar-refractivity contribution in [2.75, 3.05) is 6.54 Å². The molecule has 0 amide bonds. The summed E-state index contributed by atoms with van der Waals surface area (Å²) in [6, 6.07) is 0. The molecular formula is C14H24ClN3. The molecule has 0 radical (unpaired) electrons. The van der Waals surface area contributed by atoms with Gasteiger partial charge in [-0.15, -0.1) is 0 Å². The molecule has 2 heterocycles. The molecule has 18 heavy (non-hydrogen) atoms. The molecule has 1 fully saturated rings. The first-order chi connectivity index (χ1) is 8.56. The van der Waals surface area contributed by atoms with Gasteiger partial charge >= 0.3 is 0 Å². The van der Waals surface area contributed by atoms with E-state index in [4.69, 9.17) is 11.6 Å². The Balaban J connectivity index is 2.19. The molecule has 2 rings (SSSR count). The van der Waals surface area contributed by atoms with Crippen LogP contribution < -0.4 is 5.32 Å². The van der Waals surface area contributed by atoms with Gasteiger partial charge in [0.15, 0.2) is 0 Å². The van der Waals surface area contributed by atoms with Crippen molar-refractivity contribution in [3.8, 4) is 0 Å². The molecule has 1 atom stereocenters. The minimum absolute atomic E-state index is 0.166. The molecule has 1 aliphatic heterocycles. The summed E-state index contributed by atoms with van der Waals surface area (Å²) >= 11 is 6.44. The van der Waals surface area contributed by atoms with E-state index in [2.05, 4.69) is 24.3 Å². The molecule has 102 valence electrons. The summed E-state index contributed by atoms with van der Waals surface area (Å²) in [5.74, 6) is 0. The molecule has 0 bridgehead atoms. The summed E-state index contributed by atoms with van der Waals surface area (Å²) in [6.45, 7) is 5.53. The van der Waals surface area contributed by atoms with Crippen molar-refractivity contribution >= 4 is 11.6 Å². The van der Waals surface area contributed by atoms with Crippen molar-refractivity contribution in [3.05, 3.63) is 16.4 Å². The zero-order valence-corrected chi connectivity index (χ0v) is 12.5. The number of hydrogen-bond acceptors (Lipinski definition) is 2. The fraction of sp³-hybridized carbons (Fsp3) is 0.786. The predicted octanol–water partition coefficient (Wildman–Crippen LogP) is 3.10. The molecule has 1 saturated heterocycles. The van der Waals surface area contributed by atoms with E-state index in [1.165, 1.54) is 31.4 Å². The van der Waals surface area contributed by atoms with Crippen molar-refractivity contribution in [2.45, 2.75) is 57.9 Å². The highest BCUT2D eigenvalue weighted by atomic mass is 35.5. The first-order valence-electron chi connectivity index (χ1n) is 7.01. The number of aryl methyl sites for hydroxylation is 2. The molecule has 1 N–H and O–H groups in total. The van der Waals surface area contributed by atoms with Crippen molar-refractivity contribution in [1.29, 1.82) is 0 Å². The molecule has 0 spiro atoms. The molecule has 4 heteroatoms. The van der Waals surface area contributed by atoms with E-state index in [1.807, 2.05) is 11.7 Å². The van der Waals surface area contributed by atoms with Gasteiger partial charge in [-0.25, -0.2) is 0 Å². The Morgan fingerprint density at radius 3 is 2.83 bits per heavy atom. The number of hydrogen-bond donors (Lipinski definition) is 1. The smallest absolute Gasteiger partial charge is 0.0850 e. The van der Waals surface area contributed by atoms with Crippen LogP contribution in [-0.2, 0) is 19.9 Å². The lowest BCUT2D eigenvalue weighted by atomic mass is 9.90. The monoisotopic (exact) mass is 269 g/mol. The zero-order valence-electron chi connectivity index (χ0n) is 11.7. The van der Waals surface area contributed by atoms with E-state index in [-0.39, 0.29) is 5.54 Å². The summed E-state index contributed by atoms with van der Waals surface area (Å²) in [5.41, 5.74) is 2.36. The molecule has 1 aromatic rings. The van der Waals surface area contributed by atoms with E-state index >= 15 is 0 Å². The lowest BCUT2D eigenvalue weighted by Gasteiger charge is -2.29. The van der Waals surface area contributed by atoms with E-state index < -0.39 is 0 Å². The highest BCUT2D eigenvalue weighted by Gasteiger charge is 2.28. The van der Waals surface area contributed by atoms with Gasteiger partial charge in [0, 0.05) is 19.0 Å². The van der Waals surface area contributed by atoms with Crippen LogP contribution in [0.15, 0.2) is 0 Å². The minimum atomic E-state index is 0.166. The van der Waals surface area contributed by atoms with Gasteiger partial charge in [-0.1, -0.05) is 31.4 Å². The van der Waals surface area contributed by atoms with Crippen LogP contribution in [0, 0.1) is 0 Å². The lowest BCUT2D eigenvalue weighted by molar-refractivity contribution is 0.338. The van der Waals surface area contributed by atoms with Gasteiger partial charge in [-0.2, -0.15) is 5.10 Å². The zero-order chi connectivity index (χ0) is 13.2. The molecule has 0 saturated carbocycles. The van der Waals surface area contributed by atoms with Crippen molar-refractivity contribution in [2.24, 2.45) is 7.05 Å². The Labute approximate surface area is 115 Å². The van der Waals surface area contributed by atoms with Crippen LogP contribution in [-0.4, -0.2) is 21.9 Å². The quantitative estimate of drug-likeness (QED) is 0.914. The van der Waals surface area contributed by atoms with Crippen molar-refractivity contribution < 1.29 is 0 Å². The van der Waals surface area contributed by atoms with Crippen molar-refractivity contribution in [3.63, 3.8) is 0 Å². The number of nitrogens with zero attached hydrogens (tertiary/aromatic N) is 2. The molecule has 1 unspecified atom stereocenters. The highest BCUT2D eigenvalue weighted by molar-refractivity contribution is 6.31. The van der Waals surface area contributed by atoms with Crippen LogP contribution in [0.3, 0.4) is 0 Å². The largest absolute Gasteiger partial charge is 0.311 e. The van der Waals surface area contributed by atoms with E-state index in [9.17, 15) is 0 Å². The second kappa shape index (κ2) is 5.62. The van der Waals surface area contributed by atoms with Gasteiger partial charge in [0.05, 0.1) is 16.4 Å². The van der Waals surface area contributed by atoms with Gasteiger partial charge in [-0.3, -0.25) is 4.68 Å². The Bertz CT molecular complexity index is 403. The summed E-state index contributed by atoms with van der Waals surface area (Å²) < 4.78 is 1.96. The summed E-state index contributed by atoms with van der Waals surface area (Å²) in [5, 5.41) is 9.06. The van der Waals surface area contributed by atoms with Gasteiger partial charge in [0.2, 0.25) is 0 Å². The average Bonchev–Trinajstić information content (AvgIpc) is 2.54.